The standard InChI is InChI=1S/C9H11N3O2/c10-9(12-13)6-3-4-11-8(5-6)14-7-1-2-7/h3-5,7,13H,1-2H2,(H2,10,12). The van der Waals surface area contributed by atoms with Gasteiger partial charge in [0.2, 0.25) is 5.88 Å². The first kappa shape index (κ1) is 8.80. The molecule has 1 heterocycles. The van der Waals surface area contributed by atoms with E-state index in [4.69, 9.17) is 15.7 Å². The van der Waals surface area contributed by atoms with Gasteiger partial charge in [-0.2, -0.15) is 0 Å². The number of amidine groups is 1. The second kappa shape index (κ2) is 3.53. The molecule has 1 fully saturated rings. The van der Waals surface area contributed by atoms with Crippen LogP contribution in [0.25, 0.3) is 0 Å². The molecule has 0 radical (unpaired) electrons. The largest absolute Gasteiger partial charge is 0.474 e. The van der Waals surface area contributed by atoms with Gasteiger partial charge in [-0.05, 0) is 18.9 Å². The molecule has 1 aliphatic carbocycles. The minimum atomic E-state index is 0.0630. The highest BCUT2D eigenvalue weighted by Crippen LogP contribution is 2.25. The van der Waals surface area contributed by atoms with Gasteiger partial charge in [0.05, 0.1) is 0 Å². The van der Waals surface area contributed by atoms with Crippen LogP contribution in [0.1, 0.15) is 18.4 Å². The zero-order valence-electron chi connectivity index (χ0n) is 7.55. The molecule has 1 aliphatic rings. The Balaban J connectivity index is 2.17. The Labute approximate surface area is 81.2 Å². The normalized spacial score (nSPS) is 16.7. The van der Waals surface area contributed by atoms with Gasteiger partial charge in [-0.25, -0.2) is 4.98 Å². The van der Waals surface area contributed by atoms with Gasteiger partial charge in [-0.15, -0.1) is 0 Å². The maximum absolute atomic E-state index is 8.48. The minimum Gasteiger partial charge on any atom is -0.474 e. The van der Waals surface area contributed by atoms with Crippen molar-refractivity contribution < 1.29 is 9.94 Å². The number of nitrogens with zero attached hydrogens (tertiary/aromatic N) is 2. The first-order valence-corrected chi connectivity index (χ1v) is 4.40. The SMILES string of the molecule is N/C(=N\O)c1ccnc(OC2CC2)c1. The van der Waals surface area contributed by atoms with Gasteiger partial charge >= 0.3 is 0 Å². The average molecular weight is 193 g/mol. The molecule has 0 saturated heterocycles. The Kier molecular flexibility index (Phi) is 2.22. The molecule has 1 saturated carbocycles. The quantitative estimate of drug-likeness (QED) is 0.321. The van der Waals surface area contributed by atoms with Gasteiger partial charge in [-0.1, -0.05) is 5.16 Å². The van der Waals surface area contributed by atoms with Crippen molar-refractivity contribution in [3.8, 4) is 5.88 Å². The summed E-state index contributed by atoms with van der Waals surface area (Å²) < 4.78 is 5.46. The molecular formula is C9H11N3O2. The second-order valence-electron chi connectivity index (χ2n) is 3.19. The number of ether oxygens (including phenoxy) is 1. The number of oxime groups is 1. The zero-order chi connectivity index (χ0) is 9.97. The molecule has 0 spiro atoms. The molecule has 1 aromatic heterocycles. The topological polar surface area (TPSA) is 80.7 Å². The van der Waals surface area contributed by atoms with Crippen molar-refractivity contribution in [2.75, 3.05) is 0 Å². The molecule has 14 heavy (non-hydrogen) atoms. The Morgan fingerprint density at radius 2 is 2.43 bits per heavy atom. The van der Waals surface area contributed by atoms with Gasteiger partial charge in [0, 0.05) is 17.8 Å². The Morgan fingerprint density at radius 1 is 1.64 bits per heavy atom. The molecule has 3 N–H and O–H groups in total. The number of rotatable bonds is 3. The van der Waals surface area contributed by atoms with E-state index < -0.39 is 0 Å². The second-order valence-corrected chi connectivity index (χ2v) is 3.19. The van der Waals surface area contributed by atoms with Crippen molar-refractivity contribution in [1.82, 2.24) is 4.98 Å². The number of pyridine rings is 1. The van der Waals surface area contributed by atoms with Crippen molar-refractivity contribution in [2.45, 2.75) is 18.9 Å². The molecule has 0 bridgehead atoms. The van der Waals surface area contributed by atoms with E-state index in [9.17, 15) is 0 Å². The summed E-state index contributed by atoms with van der Waals surface area (Å²) in [6, 6.07) is 3.32. The Bertz CT molecular complexity index is 361. The van der Waals surface area contributed by atoms with Crippen molar-refractivity contribution in [1.29, 1.82) is 0 Å². The zero-order valence-corrected chi connectivity index (χ0v) is 7.55. The predicted molar refractivity (Wildman–Crippen MR) is 50.4 cm³/mol. The van der Waals surface area contributed by atoms with Crippen molar-refractivity contribution in [3.63, 3.8) is 0 Å². The summed E-state index contributed by atoms with van der Waals surface area (Å²) in [5, 5.41) is 11.4. The molecule has 1 aromatic rings. The van der Waals surface area contributed by atoms with Gasteiger partial charge in [0.1, 0.15) is 6.10 Å². The maximum Gasteiger partial charge on any atom is 0.214 e. The molecule has 5 heteroatoms. The smallest absolute Gasteiger partial charge is 0.214 e. The van der Waals surface area contributed by atoms with E-state index in [1.165, 1.54) is 0 Å². The van der Waals surface area contributed by atoms with Crippen LogP contribution >= 0.6 is 0 Å². The maximum atomic E-state index is 8.48. The molecule has 74 valence electrons. The summed E-state index contributed by atoms with van der Waals surface area (Å²) in [7, 11) is 0. The number of hydrogen-bond donors (Lipinski definition) is 2. The van der Waals surface area contributed by atoms with E-state index >= 15 is 0 Å². The molecule has 5 nitrogen and oxygen atoms in total. The predicted octanol–water partition coefficient (Wildman–Crippen LogP) is 0.717. The fraction of sp³-hybridized carbons (Fsp3) is 0.333. The van der Waals surface area contributed by atoms with Crippen LogP contribution in [0.4, 0.5) is 0 Å². The third-order valence-electron chi connectivity index (χ3n) is 1.95. The number of hydrogen-bond acceptors (Lipinski definition) is 4. The minimum absolute atomic E-state index is 0.0630. The highest BCUT2D eigenvalue weighted by atomic mass is 16.5. The van der Waals surface area contributed by atoms with E-state index in [1.807, 2.05) is 0 Å². The molecule has 0 aromatic carbocycles. The fourth-order valence-electron chi connectivity index (χ4n) is 1.05. The van der Waals surface area contributed by atoms with Crippen LogP contribution in [-0.2, 0) is 0 Å². The molecule has 0 atom stereocenters. The van der Waals surface area contributed by atoms with Gasteiger partial charge in [-0.3, -0.25) is 0 Å². The lowest BCUT2D eigenvalue weighted by Crippen LogP contribution is -2.13. The Morgan fingerprint density at radius 3 is 3.07 bits per heavy atom. The molecule has 0 aliphatic heterocycles. The van der Waals surface area contributed by atoms with E-state index in [0.29, 0.717) is 17.5 Å². The van der Waals surface area contributed by atoms with Crippen LogP contribution in [-0.4, -0.2) is 22.1 Å². The Hall–Kier alpha value is -1.78. The highest BCUT2D eigenvalue weighted by molar-refractivity contribution is 5.97. The summed E-state index contributed by atoms with van der Waals surface area (Å²) in [6.45, 7) is 0. The van der Waals surface area contributed by atoms with Crippen LogP contribution in [0, 0.1) is 0 Å². The van der Waals surface area contributed by atoms with Crippen LogP contribution in [0.2, 0.25) is 0 Å². The monoisotopic (exact) mass is 193 g/mol. The molecular weight excluding hydrogens is 182 g/mol. The highest BCUT2D eigenvalue weighted by Gasteiger charge is 2.24. The summed E-state index contributed by atoms with van der Waals surface area (Å²) >= 11 is 0. The average Bonchev–Trinajstić information content (AvgIpc) is 3.01. The van der Waals surface area contributed by atoms with E-state index in [2.05, 4.69) is 10.1 Å². The first-order chi connectivity index (χ1) is 6.79. The lowest BCUT2D eigenvalue weighted by atomic mass is 10.2. The third kappa shape index (κ3) is 1.93. The lowest BCUT2D eigenvalue weighted by Gasteiger charge is -2.04. The number of nitrogens with two attached hydrogens (primary N) is 1. The van der Waals surface area contributed by atoms with Crippen molar-refractivity contribution in [3.05, 3.63) is 23.9 Å². The van der Waals surface area contributed by atoms with E-state index in [0.717, 1.165) is 12.8 Å². The summed E-state index contributed by atoms with van der Waals surface area (Å²) in [5.74, 6) is 0.588. The van der Waals surface area contributed by atoms with Crippen LogP contribution in [0.15, 0.2) is 23.5 Å². The van der Waals surface area contributed by atoms with Crippen LogP contribution < -0.4 is 10.5 Å². The first-order valence-electron chi connectivity index (χ1n) is 4.40. The third-order valence-corrected chi connectivity index (χ3v) is 1.95. The van der Waals surface area contributed by atoms with Crippen LogP contribution in [0.3, 0.4) is 0 Å². The van der Waals surface area contributed by atoms with Gasteiger partial charge < -0.3 is 15.7 Å². The van der Waals surface area contributed by atoms with Crippen LogP contribution in [0.5, 0.6) is 5.88 Å². The summed E-state index contributed by atoms with van der Waals surface area (Å²) in [6.07, 6.45) is 4.03. The molecule has 2 rings (SSSR count). The van der Waals surface area contributed by atoms with Crippen molar-refractivity contribution in [2.24, 2.45) is 10.9 Å². The lowest BCUT2D eigenvalue weighted by molar-refractivity contribution is 0.291. The van der Waals surface area contributed by atoms with Gasteiger partial charge in [0.25, 0.3) is 0 Å². The molecule has 0 amide bonds. The van der Waals surface area contributed by atoms with E-state index in [1.54, 1.807) is 18.3 Å². The van der Waals surface area contributed by atoms with Crippen molar-refractivity contribution >= 4 is 5.84 Å². The van der Waals surface area contributed by atoms with E-state index in [-0.39, 0.29) is 5.84 Å². The summed E-state index contributed by atoms with van der Waals surface area (Å²) in [5.41, 5.74) is 6.04. The summed E-state index contributed by atoms with van der Waals surface area (Å²) in [4.78, 5) is 4.02. The fourth-order valence-corrected chi connectivity index (χ4v) is 1.05. The van der Waals surface area contributed by atoms with Gasteiger partial charge in [0.15, 0.2) is 5.84 Å². The molecule has 0 unspecified atom stereocenters. The number of aromatic nitrogens is 1.